The monoisotopic (exact) mass is 461 g/mol. The molecule has 4 rings (SSSR count). The summed E-state index contributed by atoms with van der Waals surface area (Å²) in [5.74, 6) is 3.06. The highest BCUT2D eigenvalue weighted by Gasteiger charge is 2.50. The third-order valence-electron chi connectivity index (χ3n) is 5.57. The van der Waals surface area contributed by atoms with Crippen molar-refractivity contribution >= 4 is 32.9 Å². The van der Waals surface area contributed by atoms with E-state index in [2.05, 4.69) is 51.2 Å². The Morgan fingerprint density at radius 1 is 1.25 bits per heavy atom. The summed E-state index contributed by atoms with van der Waals surface area (Å²) in [7, 11) is 3.37. The van der Waals surface area contributed by atoms with Gasteiger partial charge in [-0.25, -0.2) is 4.99 Å². The number of nitrogens with two attached hydrogens (primary N) is 1. The van der Waals surface area contributed by atoms with Crippen molar-refractivity contribution in [2.24, 2.45) is 16.6 Å². The molecule has 2 aromatic carbocycles. The summed E-state index contributed by atoms with van der Waals surface area (Å²) < 4.78 is 12.0. The summed E-state index contributed by atoms with van der Waals surface area (Å²) in [6.45, 7) is 2.62. The van der Waals surface area contributed by atoms with E-state index in [1.165, 1.54) is 5.56 Å². The van der Waals surface area contributed by atoms with Gasteiger partial charge in [0.25, 0.3) is 0 Å². The van der Waals surface area contributed by atoms with E-state index in [1.807, 2.05) is 12.1 Å². The van der Waals surface area contributed by atoms with Crippen LogP contribution >= 0.6 is 27.7 Å². The van der Waals surface area contributed by atoms with Gasteiger partial charge in [0.15, 0.2) is 5.17 Å². The lowest BCUT2D eigenvalue weighted by Crippen LogP contribution is -2.39. The van der Waals surface area contributed by atoms with Crippen LogP contribution in [0.5, 0.6) is 11.5 Å². The maximum absolute atomic E-state index is 6.18. The highest BCUT2D eigenvalue weighted by atomic mass is 79.9. The molecular formula is C21H24BrN3O2S. The molecule has 0 spiro atoms. The number of halogens is 1. The third-order valence-corrected chi connectivity index (χ3v) is 7.02. The molecule has 148 valence electrons. The lowest BCUT2D eigenvalue weighted by molar-refractivity contribution is 0.298. The van der Waals surface area contributed by atoms with Crippen molar-refractivity contribution in [2.45, 2.75) is 12.1 Å². The molecule has 0 saturated carbocycles. The van der Waals surface area contributed by atoms with Crippen molar-refractivity contribution in [2.75, 3.05) is 33.1 Å². The number of thioether (sulfide) groups is 1. The number of hydrogen-bond donors (Lipinski definition) is 1. The van der Waals surface area contributed by atoms with Gasteiger partial charge < -0.3 is 15.2 Å². The molecule has 2 N–H and O–H groups in total. The van der Waals surface area contributed by atoms with E-state index in [4.69, 9.17) is 20.2 Å². The molecule has 0 amide bonds. The zero-order chi connectivity index (χ0) is 19.7. The summed E-state index contributed by atoms with van der Waals surface area (Å²) >= 11 is 5.27. The second kappa shape index (κ2) is 7.97. The molecule has 2 aliphatic heterocycles. The quantitative estimate of drug-likeness (QED) is 0.732. The first-order valence-electron chi connectivity index (χ1n) is 9.21. The number of hydrogen-bond acceptors (Lipinski definition) is 6. The second-order valence-electron chi connectivity index (χ2n) is 7.24. The highest BCUT2D eigenvalue weighted by Crippen LogP contribution is 2.46. The van der Waals surface area contributed by atoms with Crippen LogP contribution in [0.15, 0.2) is 51.9 Å². The van der Waals surface area contributed by atoms with Crippen LogP contribution < -0.4 is 15.2 Å². The Kier molecular flexibility index (Phi) is 5.58. The molecular weight excluding hydrogens is 438 g/mol. The van der Waals surface area contributed by atoms with Crippen LogP contribution in [0.25, 0.3) is 0 Å². The molecule has 5 nitrogen and oxygen atoms in total. The first-order valence-corrected chi connectivity index (χ1v) is 11.0. The lowest BCUT2D eigenvalue weighted by Gasteiger charge is -2.35. The Labute approximate surface area is 178 Å². The van der Waals surface area contributed by atoms with Crippen LogP contribution in [-0.2, 0) is 12.1 Å². The van der Waals surface area contributed by atoms with Crippen molar-refractivity contribution < 1.29 is 9.47 Å². The molecule has 2 aromatic rings. The van der Waals surface area contributed by atoms with E-state index in [9.17, 15) is 0 Å². The minimum atomic E-state index is -0.293. The van der Waals surface area contributed by atoms with Gasteiger partial charge in [-0.1, -0.05) is 45.9 Å². The average molecular weight is 462 g/mol. The Bertz CT molecular complexity index is 907. The normalized spacial score (nSPS) is 24.5. The molecule has 2 heterocycles. The van der Waals surface area contributed by atoms with Crippen LogP contribution in [0.2, 0.25) is 0 Å². The molecule has 0 aliphatic carbocycles. The highest BCUT2D eigenvalue weighted by molar-refractivity contribution is 9.10. The number of nitrogens with zero attached hydrogens (tertiary/aromatic N) is 2. The molecule has 2 unspecified atom stereocenters. The molecule has 2 atom stereocenters. The molecule has 1 saturated heterocycles. The summed E-state index contributed by atoms with van der Waals surface area (Å²) in [6, 6.07) is 14.5. The average Bonchev–Trinajstić information content (AvgIpc) is 3.06. The Morgan fingerprint density at radius 3 is 2.86 bits per heavy atom. The van der Waals surface area contributed by atoms with E-state index in [0.29, 0.717) is 11.1 Å². The SMILES string of the molecule is COc1ccc(CN2CC3CSC(N)=NC3(c3cccc(Br)c3)C2)c(OC)c1. The predicted molar refractivity (Wildman–Crippen MR) is 118 cm³/mol. The Morgan fingerprint density at radius 2 is 2.11 bits per heavy atom. The van der Waals surface area contributed by atoms with E-state index in [1.54, 1.807) is 26.0 Å². The van der Waals surface area contributed by atoms with E-state index < -0.39 is 0 Å². The van der Waals surface area contributed by atoms with Crippen molar-refractivity contribution in [1.82, 2.24) is 4.90 Å². The van der Waals surface area contributed by atoms with Crippen LogP contribution in [-0.4, -0.2) is 43.1 Å². The van der Waals surface area contributed by atoms with Gasteiger partial charge in [-0.2, -0.15) is 0 Å². The maximum atomic E-state index is 6.18. The van der Waals surface area contributed by atoms with Crippen LogP contribution in [0.4, 0.5) is 0 Å². The molecule has 2 aliphatic rings. The van der Waals surface area contributed by atoms with E-state index in [0.717, 1.165) is 46.9 Å². The minimum Gasteiger partial charge on any atom is -0.497 e. The maximum Gasteiger partial charge on any atom is 0.154 e. The number of ether oxygens (including phenoxy) is 2. The van der Waals surface area contributed by atoms with E-state index >= 15 is 0 Å². The number of rotatable bonds is 5. The van der Waals surface area contributed by atoms with Crippen molar-refractivity contribution in [3.63, 3.8) is 0 Å². The van der Waals surface area contributed by atoms with Gasteiger partial charge in [0.2, 0.25) is 0 Å². The smallest absolute Gasteiger partial charge is 0.154 e. The number of amidine groups is 1. The fourth-order valence-corrected chi connectivity index (χ4v) is 5.60. The number of benzene rings is 2. The van der Waals surface area contributed by atoms with Gasteiger partial charge in [-0.3, -0.25) is 4.90 Å². The largest absolute Gasteiger partial charge is 0.497 e. The first kappa shape index (κ1) is 19.6. The molecule has 1 fully saturated rings. The molecule has 0 radical (unpaired) electrons. The summed E-state index contributed by atoms with van der Waals surface area (Å²) in [4.78, 5) is 7.45. The number of aliphatic imine (C=N–C) groups is 1. The van der Waals surface area contributed by atoms with Gasteiger partial charge in [0, 0.05) is 47.4 Å². The van der Waals surface area contributed by atoms with Gasteiger partial charge >= 0.3 is 0 Å². The second-order valence-corrected chi connectivity index (χ2v) is 9.20. The Hall–Kier alpha value is -1.70. The van der Waals surface area contributed by atoms with Gasteiger partial charge in [0.05, 0.1) is 14.2 Å². The summed E-state index contributed by atoms with van der Waals surface area (Å²) in [5, 5.41) is 0.681. The number of fused-ring (bicyclic) bond motifs is 1. The van der Waals surface area contributed by atoms with Crippen LogP contribution in [0.3, 0.4) is 0 Å². The lowest BCUT2D eigenvalue weighted by atomic mass is 9.82. The molecule has 7 heteroatoms. The number of methoxy groups -OCH3 is 2. The summed E-state index contributed by atoms with van der Waals surface area (Å²) in [6.07, 6.45) is 0. The van der Waals surface area contributed by atoms with Gasteiger partial charge in [0.1, 0.15) is 17.0 Å². The van der Waals surface area contributed by atoms with Gasteiger partial charge in [-0.05, 0) is 23.8 Å². The topological polar surface area (TPSA) is 60.1 Å². The zero-order valence-corrected chi connectivity index (χ0v) is 18.4. The Balaban J connectivity index is 1.65. The predicted octanol–water partition coefficient (Wildman–Crippen LogP) is 3.86. The van der Waals surface area contributed by atoms with Crippen molar-refractivity contribution in [1.29, 1.82) is 0 Å². The van der Waals surface area contributed by atoms with Crippen LogP contribution in [0, 0.1) is 5.92 Å². The zero-order valence-electron chi connectivity index (χ0n) is 16.0. The molecule has 28 heavy (non-hydrogen) atoms. The van der Waals surface area contributed by atoms with Crippen LogP contribution in [0.1, 0.15) is 11.1 Å². The molecule has 0 bridgehead atoms. The number of likely N-dealkylation sites (tertiary alicyclic amines) is 1. The van der Waals surface area contributed by atoms with E-state index in [-0.39, 0.29) is 5.54 Å². The fraction of sp³-hybridized carbons (Fsp3) is 0.381. The van der Waals surface area contributed by atoms with Crippen molar-refractivity contribution in [3.05, 3.63) is 58.1 Å². The summed E-state index contributed by atoms with van der Waals surface area (Å²) in [5.41, 5.74) is 8.25. The van der Waals surface area contributed by atoms with Crippen molar-refractivity contribution in [3.8, 4) is 11.5 Å². The minimum absolute atomic E-state index is 0.293. The molecule has 0 aromatic heterocycles. The standard InChI is InChI=1S/C21H24BrN3O2S/c1-26-18-7-6-14(19(9-18)27-2)10-25-11-16-12-28-20(23)24-21(16,13-25)15-4-3-5-17(22)8-15/h3-9,16H,10-13H2,1-2H3,(H2,23,24). The van der Waals surface area contributed by atoms with Gasteiger partial charge in [-0.15, -0.1) is 0 Å². The third kappa shape index (κ3) is 3.63. The fourth-order valence-electron chi connectivity index (χ4n) is 4.22. The first-order chi connectivity index (χ1) is 13.5.